The van der Waals surface area contributed by atoms with Crippen molar-refractivity contribution in [2.45, 2.75) is 37.3 Å². The Bertz CT molecular complexity index is 479. The molecule has 4 nitrogen and oxygen atoms in total. The average molecular weight is 271 g/mol. The Kier molecular flexibility index (Phi) is 4.76. The maximum absolute atomic E-state index is 12.1. The largest absolute Gasteiger partial charge is 0.497 e. The summed E-state index contributed by atoms with van der Waals surface area (Å²) in [7, 11) is -1.61. The number of hydrogen-bond donors (Lipinski definition) is 1. The van der Waals surface area contributed by atoms with Crippen LogP contribution in [0.3, 0.4) is 0 Å². The monoisotopic (exact) mass is 271 g/mol. The molecule has 2 atom stereocenters. The van der Waals surface area contributed by atoms with Crippen molar-refractivity contribution in [2.75, 3.05) is 7.11 Å². The van der Waals surface area contributed by atoms with Crippen molar-refractivity contribution < 1.29 is 13.2 Å². The molecule has 0 saturated heterocycles. The van der Waals surface area contributed by atoms with Gasteiger partial charge in [0.25, 0.3) is 0 Å². The first-order chi connectivity index (χ1) is 8.30. The van der Waals surface area contributed by atoms with Crippen LogP contribution in [0.5, 0.6) is 5.75 Å². The predicted octanol–water partition coefficient (Wildman–Crippen LogP) is 1.91. The predicted molar refractivity (Wildman–Crippen MR) is 73.4 cm³/mol. The first-order valence-electron chi connectivity index (χ1n) is 5.93. The summed E-state index contributed by atoms with van der Waals surface area (Å²) in [6, 6.07) is 6.64. The van der Waals surface area contributed by atoms with Crippen LogP contribution >= 0.6 is 0 Å². The van der Waals surface area contributed by atoms with Crippen LogP contribution in [0.15, 0.2) is 24.3 Å². The van der Waals surface area contributed by atoms with Crippen LogP contribution in [-0.4, -0.2) is 26.0 Å². The van der Waals surface area contributed by atoms with Gasteiger partial charge in [0.2, 0.25) is 0 Å². The molecular weight excluding hydrogens is 250 g/mol. The van der Waals surface area contributed by atoms with Crippen molar-refractivity contribution >= 4 is 9.84 Å². The van der Waals surface area contributed by atoms with Crippen LogP contribution in [-0.2, 0) is 9.84 Å². The molecule has 1 rings (SSSR count). The zero-order valence-electron chi connectivity index (χ0n) is 11.3. The van der Waals surface area contributed by atoms with Gasteiger partial charge in [-0.2, -0.15) is 0 Å². The molecule has 0 amide bonds. The Balaban J connectivity index is 2.96. The van der Waals surface area contributed by atoms with Gasteiger partial charge in [0, 0.05) is 6.04 Å². The van der Waals surface area contributed by atoms with E-state index in [0.717, 1.165) is 11.3 Å². The van der Waals surface area contributed by atoms with Crippen molar-refractivity contribution in [3.05, 3.63) is 29.8 Å². The molecule has 2 N–H and O–H groups in total. The standard InChI is InChI=1S/C13H21NO3S/c1-9(2)18(15,16)10(3)13(14)11-5-7-12(17-4)8-6-11/h5-10,13H,14H2,1-4H3. The summed E-state index contributed by atoms with van der Waals surface area (Å²) >= 11 is 0. The Morgan fingerprint density at radius 3 is 2.00 bits per heavy atom. The Morgan fingerprint density at radius 2 is 1.61 bits per heavy atom. The van der Waals surface area contributed by atoms with E-state index in [1.54, 1.807) is 52.1 Å². The fourth-order valence-electron chi connectivity index (χ4n) is 1.73. The summed E-state index contributed by atoms with van der Waals surface area (Å²) in [6.07, 6.45) is 0. The zero-order chi connectivity index (χ0) is 13.9. The van der Waals surface area contributed by atoms with Gasteiger partial charge in [-0.15, -0.1) is 0 Å². The highest BCUT2D eigenvalue weighted by Gasteiger charge is 2.30. The number of sulfone groups is 1. The highest BCUT2D eigenvalue weighted by Crippen LogP contribution is 2.24. The number of nitrogens with two attached hydrogens (primary N) is 1. The van der Waals surface area contributed by atoms with Crippen molar-refractivity contribution in [3.8, 4) is 5.75 Å². The van der Waals surface area contributed by atoms with Crippen molar-refractivity contribution in [3.63, 3.8) is 0 Å². The lowest BCUT2D eigenvalue weighted by molar-refractivity contribution is 0.414. The average Bonchev–Trinajstić information content (AvgIpc) is 2.36. The highest BCUT2D eigenvalue weighted by molar-refractivity contribution is 7.92. The molecule has 0 saturated carbocycles. The summed E-state index contributed by atoms with van der Waals surface area (Å²) in [5.41, 5.74) is 6.83. The van der Waals surface area contributed by atoms with E-state index in [1.165, 1.54) is 0 Å². The normalized spacial score (nSPS) is 15.4. The van der Waals surface area contributed by atoms with E-state index in [-0.39, 0.29) is 0 Å². The summed E-state index contributed by atoms with van der Waals surface area (Å²) in [5, 5.41) is -1.03. The molecule has 0 fully saturated rings. The maximum atomic E-state index is 12.1. The van der Waals surface area contributed by atoms with Gasteiger partial charge in [-0.05, 0) is 38.5 Å². The van der Waals surface area contributed by atoms with E-state index in [4.69, 9.17) is 10.5 Å². The van der Waals surface area contributed by atoms with E-state index < -0.39 is 26.4 Å². The SMILES string of the molecule is COc1ccc(C(N)C(C)S(=O)(=O)C(C)C)cc1. The van der Waals surface area contributed by atoms with Crippen LogP contribution in [0.25, 0.3) is 0 Å². The van der Waals surface area contributed by atoms with E-state index in [1.807, 2.05) is 0 Å². The van der Waals surface area contributed by atoms with Crippen molar-refractivity contribution in [1.82, 2.24) is 0 Å². The third kappa shape index (κ3) is 3.03. The molecule has 2 unspecified atom stereocenters. The lowest BCUT2D eigenvalue weighted by Gasteiger charge is -2.22. The molecular formula is C13H21NO3S. The third-order valence-corrected chi connectivity index (χ3v) is 5.83. The van der Waals surface area contributed by atoms with Crippen LogP contribution in [0, 0.1) is 0 Å². The van der Waals surface area contributed by atoms with Crippen LogP contribution in [0.4, 0.5) is 0 Å². The molecule has 102 valence electrons. The van der Waals surface area contributed by atoms with E-state index in [9.17, 15) is 8.42 Å². The molecule has 0 spiro atoms. The molecule has 18 heavy (non-hydrogen) atoms. The second-order valence-corrected chi connectivity index (χ2v) is 7.51. The first kappa shape index (κ1) is 15.0. The topological polar surface area (TPSA) is 69.4 Å². The smallest absolute Gasteiger partial charge is 0.157 e. The van der Waals surface area contributed by atoms with Crippen LogP contribution < -0.4 is 10.5 Å². The van der Waals surface area contributed by atoms with Crippen LogP contribution in [0.2, 0.25) is 0 Å². The minimum atomic E-state index is -3.20. The minimum Gasteiger partial charge on any atom is -0.497 e. The second kappa shape index (κ2) is 5.71. The second-order valence-electron chi connectivity index (χ2n) is 4.64. The highest BCUT2D eigenvalue weighted by atomic mass is 32.2. The Morgan fingerprint density at radius 1 is 1.11 bits per heavy atom. The number of ether oxygens (including phenoxy) is 1. The number of methoxy groups -OCH3 is 1. The molecule has 0 aliphatic carbocycles. The molecule has 0 heterocycles. The zero-order valence-corrected chi connectivity index (χ0v) is 12.1. The molecule has 0 aliphatic heterocycles. The summed E-state index contributed by atoms with van der Waals surface area (Å²) < 4.78 is 29.2. The Hall–Kier alpha value is -1.07. The minimum absolute atomic E-state index is 0.420. The van der Waals surface area contributed by atoms with Crippen molar-refractivity contribution in [2.24, 2.45) is 5.73 Å². The molecule has 1 aromatic carbocycles. The molecule has 0 bridgehead atoms. The van der Waals surface area contributed by atoms with E-state index in [2.05, 4.69) is 0 Å². The van der Waals surface area contributed by atoms with Gasteiger partial charge in [-0.1, -0.05) is 12.1 Å². The van der Waals surface area contributed by atoms with Gasteiger partial charge in [0.1, 0.15) is 5.75 Å². The molecule has 0 aliphatic rings. The van der Waals surface area contributed by atoms with Crippen LogP contribution in [0.1, 0.15) is 32.4 Å². The summed E-state index contributed by atoms with van der Waals surface area (Å²) in [5.74, 6) is 0.727. The quantitative estimate of drug-likeness (QED) is 0.888. The first-order valence-corrected chi connectivity index (χ1v) is 7.54. The molecule has 5 heteroatoms. The van der Waals surface area contributed by atoms with Gasteiger partial charge < -0.3 is 10.5 Å². The van der Waals surface area contributed by atoms with Gasteiger partial charge >= 0.3 is 0 Å². The fourth-order valence-corrected chi connectivity index (χ4v) is 3.16. The van der Waals surface area contributed by atoms with Gasteiger partial charge in [0.05, 0.1) is 17.6 Å². The fraction of sp³-hybridized carbons (Fsp3) is 0.538. The molecule has 1 aromatic rings. The summed E-state index contributed by atoms with van der Waals surface area (Å²) in [6.45, 7) is 5.00. The third-order valence-electron chi connectivity index (χ3n) is 3.18. The molecule has 0 aromatic heterocycles. The Labute approximate surface area is 109 Å². The van der Waals surface area contributed by atoms with Gasteiger partial charge in [-0.25, -0.2) is 8.42 Å². The lowest BCUT2D eigenvalue weighted by atomic mass is 10.1. The summed E-state index contributed by atoms with van der Waals surface area (Å²) in [4.78, 5) is 0. The van der Waals surface area contributed by atoms with Gasteiger partial charge in [-0.3, -0.25) is 0 Å². The van der Waals surface area contributed by atoms with Gasteiger partial charge in [0.15, 0.2) is 9.84 Å². The molecule has 0 radical (unpaired) electrons. The number of benzene rings is 1. The number of rotatable bonds is 5. The van der Waals surface area contributed by atoms with Crippen molar-refractivity contribution in [1.29, 1.82) is 0 Å². The lowest BCUT2D eigenvalue weighted by Crippen LogP contribution is -2.35. The van der Waals surface area contributed by atoms with E-state index >= 15 is 0 Å². The maximum Gasteiger partial charge on any atom is 0.157 e. The van der Waals surface area contributed by atoms with E-state index in [0.29, 0.717) is 0 Å². The number of hydrogen-bond acceptors (Lipinski definition) is 4.